The summed E-state index contributed by atoms with van der Waals surface area (Å²) >= 11 is 0. The molecule has 4 heteroatoms. The van der Waals surface area contributed by atoms with Crippen molar-refractivity contribution in [2.24, 2.45) is 0 Å². The molecule has 0 aliphatic rings. The van der Waals surface area contributed by atoms with Crippen molar-refractivity contribution in [3.05, 3.63) is 0 Å². The van der Waals surface area contributed by atoms with Gasteiger partial charge in [-0.25, -0.2) is 0 Å². The van der Waals surface area contributed by atoms with Crippen molar-refractivity contribution in [3.63, 3.8) is 0 Å². The van der Waals surface area contributed by atoms with Crippen LogP contribution in [0.1, 0.15) is 97.8 Å². The molecule has 0 atom stereocenters. The molecule has 0 amide bonds. The maximum Gasteiger partial charge on any atom is 0.133 e. The molecule has 0 aromatic carbocycles. The molecule has 0 unspecified atom stereocenters. The van der Waals surface area contributed by atoms with Crippen LogP contribution in [0.2, 0.25) is 0 Å². The number of hydrogen-bond acceptors (Lipinski definition) is 3. The molecule has 4 nitrogen and oxygen atoms in total. The van der Waals surface area contributed by atoms with Crippen LogP contribution in [0.5, 0.6) is 0 Å². The van der Waals surface area contributed by atoms with Crippen molar-refractivity contribution in [2.45, 2.75) is 103 Å². The van der Waals surface area contributed by atoms with Crippen molar-refractivity contribution in [1.29, 1.82) is 0 Å². The van der Waals surface area contributed by atoms with Crippen molar-refractivity contribution >= 4 is 5.97 Å². The van der Waals surface area contributed by atoms with Gasteiger partial charge < -0.3 is 19.1 Å². The molecule has 0 fully saturated rings. The summed E-state index contributed by atoms with van der Waals surface area (Å²) in [5.41, 5.74) is -0.864. The zero-order valence-corrected chi connectivity index (χ0v) is 18.3. The molecule has 0 rings (SSSR count). The van der Waals surface area contributed by atoms with Gasteiger partial charge in [0.1, 0.15) is 11.5 Å². The monoisotopic (exact) mass is 371 g/mol. The van der Waals surface area contributed by atoms with Crippen LogP contribution in [0, 0.1) is 0 Å². The molecule has 0 aliphatic carbocycles. The van der Waals surface area contributed by atoms with Gasteiger partial charge in [0.2, 0.25) is 0 Å². The van der Waals surface area contributed by atoms with Crippen LogP contribution < -0.4 is 5.11 Å². The summed E-state index contributed by atoms with van der Waals surface area (Å²) in [5.74, 6) is -0.986. The minimum absolute atomic E-state index is 0.438. The van der Waals surface area contributed by atoms with Gasteiger partial charge in [0.25, 0.3) is 0 Å². The zero-order chi connectivity index (χ0) is 19.9. The first-order valence-electron chi connectivity index (χ1n) is 10.9. The number of carbonyl (C=O) groups is 1. The number of hydrogen-bond donors (Lipinski definition) is 0. The number of rotatable bonds is 18. The van der Waals surface area contributed by atoms with Crippen molar-refractivity contribution < 1.29 is 19.1 Å². The molecular formula is C22H45NO3. The lowest BCUT2D eigenvalue weighted by Crippen LogP contribution is -2.64. The van der Waals surface area contributed by atoms with Crippen molar-refractivity contribution in [1.82, 2.24) is 0 Å². The second-order valence-electron chi connectivity index (χ2n) is 8.76. The molecule has 156 valence electrons. The normalized spacial score (nSPS) is 12.5. The van der Waals surface area contributed by atoms with Gasteiger partial charge in [-0.15, -0.1) is 0 Å². The van der Waals surface area contributed by atoms with Crippen LogP contribution in [-0.4, -0.2) is 49.8 Å². The minimum Gasteiger partial charge on any atom is -0.544 e. The quantitative estimate of drug-likeness (QED) is 0.266. The standard InChI is InChI=1S/C22H45NO3/c1-6-7-8-9-10-11-12-13-14-16-19-26-20-17-15-18-23(4,5)22(2,3)21(24)25/h6-20H2,1-5H3. The van der Waals surface area contributed by atoms with Gasteiger partial charge in [-0.1, -0.05) is 64.7 Å². The smallest absolute Gasteiger partial charge is 0.133 e. The molecule has 0 aromatic heterocycles. The average molecular weight is 372 g/mol. The summed E-state index contributed by atoms with van der Waals surface area (Å²) < 4.78 is 6.16. The number of ether oxygens (including phenoxy) is 1. The first-order chi connectivity index (χ1) is 12.3. The van der Waals surface area contributed by atoms with E-state index in [9.17, 15) is 9.90 Å². The Morgan fingerprint density at radius 1 is 0.808 bits per heavy atom. The Hall–Kier alpha value is -0.610. The van der Waals surface area contributed by atoms with E-state index in [0.29, 0.717) is 4.48 Å². The summed E-state index contributed by atoms with van der Waals surface area (Å²) in [6.07, 6.45) is 15.4. The molecule has 0 spiro atoms. The number of quaternary nitrogens is 1. The maximum absolute atomic E-state index is 11.3. The van der Waals surface area contributed by atoms with Gasteiger partial charge >= 0.3 is 0 Å². The largest absolute Gasteiger partial charge is 0.544 e. The van der Waals surface area contributed by atoms with E-state index in [4.69, 9.17) is 4.74 Å². The Balaban J connectivity index is 3.43. The molecule has 0 aromatic rings. The highest BCUT2D eigenvalue weighted by Crippen LogP contribution is 2.20. The van der Waals surface area contributed by atoms with Crippen LogP contribution in [-0.2, 0) is 9.53 Å². The van der Waals surface area contributed by atoms with E-state index < -0.39 is 11.5 Å². The number of nitrogens with zero attached hydrogens (tertiary/aromatic N) is 1. The Bertz CT molecular complexity index is 353. The van der Waals surface area contributed by atoms with Gasteiger partial charge in [0, 0.05) is 13.2 Å². The third-order valence-corrected chi connectivity index (χ3v) is 5.91. The lowest BCUT2D eigenvalue weighted by molar-refractivity contribution is -0.930. The molecule has 0 bridgehead atoms. The number of aliphatic carboxylic acids is 1. The van der Waals surface area contributed by atoms with Crippen LogP contribution >= 0.6 is 0 Å². The van der Waals surface area contributed by atoms with Crippen LogP contribution in [0.3, 0.4) is 0 Å². The molecule has 0 saturated carbocycles. The second-order valence-corrected chi connectivity index (χ2v) is 8.76. The maximum atomic E-state index is 11.3. The van der Waals surface area contributed by atoms with Gasteiger partial charge in [0.15, 0.2) is 0 Å². The Morgan fingerprint density at radius 3 is 1.69 bits per heavy atom. The van der Waals surface area contributed by atoms with E-state index in [0.717, 1.165) is 39.0 Å². The molecule has 0 N–H and O–H groups in total. The molecule has 0 heterocycles. The number of carboxylic acids is 1. The Labute approximate surface area is 162 Å². The van der Waals surface area contributed by atoms with E-state index in [1.807, 2.05) is 14.1 Å². The first-order valence-corrected chi connectivity index (χ1v) is 10.9. The van der Waals surface area contributed by atoms with E-state index >= 15 is 0 Å². The Morgan fingerprint density at radius 2 is 1.23 bits per heavy atom. The van der Waals surface area contributed by atoms with E-state index in [2.05, 4.69) is 6.92 Å². The number of carbonyl (C=O) groups excluding carboxylic acids is 1. The summed E-state index contributed by atoms with van der Waals surface area (Å²) in [6.45, 7) is 8.21. The molecule has 0 aliphatic heterocycles. The van der Waals surface area contributed by atoms with Crippen LogP contribution in [0.25, 0.3) is 0 Å². The highest BCUT2D eigenvalue weighted by Gasteiger charge is 2.37. The Kier molecular flexibility index (Phi) is 14.1. The van der Waals surface area contributed by atoms with Crippen LogP contribution in [0.15, 0.2) is 0 Å². The van der Waals surface area contributed by atoms with Gasteiger partial charge in [0.05, 0.1) is 20.6 Å². The van der Waals surface area contributed by atoms with Gasteiger partial charge in [-0.05, 0) is 33.1 Å². The number of carboxylic acid groups (broad SMARTS) is 1. The van der Waals surface area contributed by atoms with E-state index in [1.165, 1.54) is 57.8 Å². The highest BCUT2D eigenvalue weighted by molar-refractivity contribution is 5.73. The lowest BCUT2D eigenvalue weighted by atomic mass is 10.0. The third kappa shape index (κ3) is 11.2. The number of likely N-dealkylation sites (N-methyl/N-ethyl adjacent to an activating group) is 1. The molecule has 0 radical (unpaired) electrons. The molecule has 0 saturated heterocycles. The zero-order valence-electron chi connectivity index (χ0n) is 18.3. The third-order valence-electron chi connectivity index (χ3n) is 5.91. The fourth-order valence-corrected chi connectivity index (χ4v) is 3.03. The highest BCUT2D eigenvalue weighted by atomic mass is 16.5. The average Bonchev–Trinajstić information content (AvgIpc) is 2.58. The van der Waals surface area contributed by atoms with Crippen molar-refractivity contribution in [2.75, 3.05) is 33.9 Å². The number of unbranched alkanes of at least 4 members (excludes halogenated alkanes) is 10. The summed E-state index contributed by atoms with van der Waals surface area (Å²) in [6, 6.07) is 0. The van der Waals surface area contributed by atoms with Gasteiger partial charge in [-0.3, -0.25) is 0 Å². The predicted octanol–water partition coefficient (Wildman–Crippen LogP) is 4.31. The first kappa shape index (κ1) is 25.4. The predicted molar refractivity (Wildman–Crippen MR) is 108 cm³/mol. The lowest BCUT2D eigenvalue weighted by Gasteiger charge is -2.45. The van der Waals surface area contributed by atoms with E-state index in [-0.39, 0.29) is 0 Å². The van der Waals surface area contributed by atoms with E-state index in [1.54, 1.807) is 13.8 Å². The van der Waals surface area contributed by atoms with Crippen molar-refractivity contribution in [3.8, 4) is 0 Å². The summed E-state index contributed by atoms with van der Waals surface area (Å²) in [5, 5.41) is 11.3. The SMILES string of the molecule is CCCCCCCCCCCCOCCCC[N+](C)(C)C(C)(C)C(=O)[O-]. The fraction of sp³-hybridized carbons (Fsp3) is 0.955. The molecular weight excluding hydrogens is 326 g/mol. The molecule has 26 heavy (non-hydrogen) atoms. The second kappa shape index (κ2) is 14.4. The van der Waals surface area contributed by atoms with Gasteiger partial charge in [-0.2, -0.15) is 0 Å². The topological polar surface area (TPSA) is 49.4 Å². The summed E-state index contributed by atoms with van der Waals surface area (Å²) in [4.78, 5) is 11.3. The summed E-state index contributed by atoms with van der Waals surface area (Å²) in [7, 11) is 3.92. The fourth-order valence-electron chi connectivity index (χ4n) is 3.03. The van der Waals surface area contributed by atoms with Crippen LogP contribution in [0.4, 0.5) is 0 Å². The minimum atomic E-state index is -0.986.